The van der Waals surface area contributed by atoms with Crippen molar-refractivity contribution in [2.45, 2.75) is 6.42 Å². The van der Waals surface area contributed by atoms with Gasteiger partial charge in [0, 0.05) is 45.0 Å². The summed E-state index contributed by atoms with van der Waals surface area (Å²) in [5.41, 5.74) is 0.840. The quantitative estimate of drug-likeness (QED) is 0.881. The first-order valence-corrected chi connectivity index (χ1v) is 8.47. The van der Waals surface area contributed by atoms with Gasteiger partial charge in [0.1, 0.15) is 0 Å². The SMILES string of the molecule is CN(C)C(=O)c1cc(NC(=O)CCN2CCSC2=O)ccc1Cl. The van der Waals surface area contributed by atoms with Gasteiger partial charge in [-0.2, -0.15) is 0 Å². The van der Waals surface area contributed by atoms with Gasteiger partial charge in [0.2, 0.25) is 5.91 Å². The Bertz CT molecular complexity index is 636. The van der Waals surface area contributed by atoms with Crippen molar-refractivity contribution in [2.24, 2.45) is 0 Å². The van der Waals surface area contributed by atoms with Crippen molar-refractivity contribution >= 4 is 46.1 Å². The Hall–Kier alpha value is -1.73. The molecule has 23 heavy (non-hydrogen) atoms. The molecule has 0 bridgehead atoms. The molecule has 1 aliphatic rings. The fraction of sp³-hybridized carbons (Fsp3) is 0.400. The molecule has 1 aromatic rings. The molecule has 124 valence electrons. The molecule has 1 heterocycles. The molecule has 1 aromatic carbocycles. The van der Waals surface area contributed by atoms with Crippen LogP contribution in [-0.4, -0.2) is 59.8 Å². The Morgan fingerprint density at radius 3 is 2.74 bits per heavy atom. The third-order valence-electron chi connectivity index (χ3n) is 3.34. The third-order valence-corrected chi connectivity index (χ3v) is 4.56. The van der Waals surface area contributed by atoms with Gasteiger partial charge in [-0.3, -0.25) is 14.4 Å². The summed E-state index contributed by atoms with van der Waals surface area (Å²) in [5, 5.41) is 3.08. The minimum atomic E-state index is -0.231. The first kappa shape index (κ1) is 17.6. The van der Waals surface area contributed by atoms with Crippen LogP contribution < -0.4 is 5.32 Å². The van der Waals surface area contributed by atoms with E-state index >= 15 is 0 Å². The smallest absolute Gasteiger partial charge is 0.281 e. The predicted octanol–water partition coefficient (Wildman–Crippen LogP) is 2.54. The minimum absolute atomic E-state index is 0.0168. The topological polar surface area (TPSA) is 69.7 Å². The summed E-state index contributed by atoms with van der Waals surface area (Å²) < 4.78 is 0. The summed E-state index contributed by atoms with van der Waals surface area (Å²) >= 11 is 7.30. The normalized spacial score (nSPS) is 14.0. The highest BCUT2D eigenvalue weighted by Gasteiger charge is 2.21. The molecule has 1 N–H and O–H groups in total. The first-order chi connectivity index (χ1) is 10.9. The van der Waals surface area contributed by atoms with Gasteiger partial charge >= 0.3 is 0 Å². The second kappa shape index (κ2) is 7.70. The highest BCUT2D eigenvalue weighted by molar-refractivity contribution is 8.13. The Morgan fingerprint density at radius 2 is 2.13 bits per heavy atom. The molecule has 1 fully saturated rings. The zero-order chi connectivity index (χ0) is 17.0. The summed E-state index contributed by atoms with van der Waals surface area (Å²) in [4.78, 5) is 38.6. The van der Waals surface area contributed by atoms with E-state index in [1.165, 1.54) is 16.7 Å². The van der Waals surface area contributed by atoms with Crippen molar-refractivity contribution in [3.8, 4) is 0 Å². The summed E-state index contributed by atoms with van der Waals surface area (Å²) in [6.07, 6.45) is 0.214. The van der Waals surface area contributed by atoms with Gasteiger partial charge in [-0.05, 0) is 18.2 Å². The maximum absolute atomic E-state index is 12.0. The van der Waals surface area contributed by atoms with Gasteiger partial charge in [0.25, 0.3) is 11.1 Å². The molecule has 0 unspecified atom stereocenters. The average molecular weight is 356 g/mol. The second-order valence-corrected chi connectivity index (χ2v) is 6.75. The molecule has 0 spiro atoms. The van der Waals surface area contributed by atoms with Crippen LogP contribution in [0.25, 0.3) is 0 Å². The number of carbonyl (C=O) groups excluding carboxylic acids is 3. The van der Waals surface area contributed by atoms with Crippen LogP contribution in [0.1, 0.15) is 16.8 Å². The fourth-order valence-electron chi connectivity index (χ4n) is 2.10. The van der Waals surface area contributed by atoms with Gasteiger partial charge in [0.05, 0.1) is 10.6 Å². The number of thioether (sulfide) groups is 1. The summed E-state index contributed by atoms with van der Waals surface area (Å²) in [7, 11) is 3.27. The van der Waals surface area contributed by atoms with Crippen LogP contribution in [0.15, 0.2) is 18.2 Å². The lowest BCUT2D eigenvalue weighted by atomic mass is 10.1. The van der Waals surface area contributed by atoms with Crippen molar-refractivity contribution in [1.82, 2.24) is 9.80 Å². The molecule has 8 heteroatoms. The van der Waals surface area contributed by atoms with Gasteiger partial charge in [0.15, 0.2) is 0 Å². The number of benzene rings is 1. The number of halogens is 1. The summed E-state index contributed by atoms with van der Waals surface area (Å²) in [6, 6.07) is 4.78. The summed E-state index contributed by atoms with van der Waals surface area (Å²) in [5.74, 6) is 0.333. The van der Waals surface area contributed by atoms with Crippen LogP contribution in [0.4, 0.5) is 10.5 Å². The van der Waals surface area contributed by atoms with Gasteiger partial charge < -0.3 is 15.1 Å². The van der Waals surface area contributed by atoms with E-state index in [0.717, 1.165) is 5.75 Å². The number of nitrogens with one attached hydrogen (secondary N) is 1. The number of anilines is 1. The summed E-state index contributed by atoms with van der Waals surface area (Å²) in [6.45, 7) is 1.08. The van der Waals surface area contributed by atoms with Crippen LogP contribution in [-0.2, 0) is 4.79 Å². The van der Waals surface area contributed by atoms with E-state index in [9.17, 15) is 14.4 Å². The predicted molar refractivity (Wildman–Crippen MR) is 92.1 cm³/mol. The third kappa shape index (κ3) is 4.62. The number of rotatable bonds is 5. The maximum atomic E-state index is 12.0. The van der Waals surface area contributed by atoms with E-state index in [2.05, 4.69) is 5.32 Å². The first-order valence-electron chi connectivity index (χ1n) is 7.11. The minimum Gasteiger partial charge on any atom is -0.345 e. The van der Waals surface area contributed by atoms with E-state index in [0.29, 0.717) is 29.4 Å². The number of hydrogen-bond donors (Lipinski definition) is 1. The Balaban J connectivity index is 1.96. The van der Waals surface area contributed by atoms with Crippen LogP contribution in [0, 0.1) is 0 Å². The number of amides is 3. The zero-order valence-corrected chi connectivity index (χ0v) is 14.5. The molecule has 1 aliphatic heterocycles. The molecule has 1 saturated heterocycles. The van der Waals surface area contributed by atoms with Crippen molar-refractivity contribution < 1.29 is 14.4 Å². The molecular formula is C15H18ClN3O3S. The average Bonchev–Trinajstić information content (AvgIpc) is 2.91. The lowest BCUT2D eigenvalue weighted by Crippen LogP contribution is -2.27. The largest absolute Gasteiger partial charge is 0.345 e. The molecule has 0 aliphatic carbocycles. The Labute approximate surface area is 144 Å². The number of hydrogen-bond acceptors (Lipinski definition) is 4. The van der Waals surface area contributed by atoms with Gasteiger partial charge in [-0.25, -0.2) is 0 Å². The van der Waals surface area contributed by atoms with E-state index in [1.54, 1.807) is 37.2 Å². The van der Waals surface area contributed by atoms with Crippen LogP contribution >= 0.6 is 23.4 Å². The molecular weight excluding hydrogens is 338 g/mol. The molecule has 2 rings (SSSR count). The van der Waals surface area contributed by atoms with Crippen molar-refractivity contribution in [3.63, 3.8) is 0 Å². The highest BCUT2D eigenvalue weighted by atomic mass is 35.5. The van der Waals surface area contributed by atoms with E-state index < -0.39 is 0 Å². The fourth-order valence-corrected chi connectivity index (χ4v) is 3.15. The van der Waals surface area contributed by atoms with Gasteiger partial charge in [-0.1, -0.05) is 23.4 Å². The number of nitrogens with zero attached hydrogens (tertiary/aromatic N) is 2. The molecule has 6 nitrogen and oxygen atoms in total. The van der Waals surface area contributed by atoms with E-state index in [1.807, 2.05) is 0 Å². The van der Waals surface area contributed by atoms with E-state index in [4.69, 9.17) is 11.6 Å². The molecule has 3 amide bonds. The lowest BCUT2D eigenvalue weighted by Gasteiger charge is -2.15. The molecule has 0 aromatic heterocycles. The standard InChI is InChI=1S/C15H18ClN3O3S/c1-18(2)14(21)11-9-10(3-4-12(11)16)17-13(20)5-6-19-7-8-23-15(19)22/h3-4,9H,5-8H2,1-2H3,(H,17,20). The Morgan fingerprint density at radius 1 is 1.39 bits per heavy atom. The maximum Gasteiger partial charge on any atom is 0.281 e. The monoisotopic (exact) mass is 355 g/mol. The highest BCUT2D eigenvalue weighted by Crippen LogP contribution is 2.22. The van der Waals surface area contributed by atoms with Crippen LogP contribution in [0.5, 0.6) is 0 Å². The van der Waals surface area contributed by atoms with Crippen LogP contribution in [0.2, 0.25) is 5.02 Å². The van der Waals surface area contributed by atoms with E-state index in [-0.39, 0.29) is 23.5 Å². The van der Waals surface area contributed by atoms with Crippen molar-refractivity contribution in [3.05, 3.63) is 28.8 Å². The van der Waals surface area contributed by atoms with Crippen molar-refractivity contribution in [2.75, 3.05) is 38.3 Å². The van der Waals surface area contributed by atoms with Crippen LogP contribution in [0.3, 0.4) is 0 Å². The Kier molecular flexibility index (Phi) is 5.90. The molecule has 0 saturated carbocycles. The molecule has 0 atom stereocenters. The van der Waals surface area contributed by atoms with Crippen molar-refractivity contribution in [1.29, 1.82) is 0 Å². The number of carbonyl (C=O) groups is 3. The second-order valence-electron chi connectivity index (χ2n) is 5.29. The van der Waals surface area contributed by atoms with Gasteiger partial charge in [-0.15, -0.1) is 0 Å². The zero-order valence-electron chi connectivity index (χ0n) is 13.0. The lowest BCUT2D eigenvalue weighted by molar-refractivity contribution is -0.116. The molecule has 0 radical (unpaired) electrons.